The van der Waals surface area contributed by atoms with Crippen LogP contribution in [0.15, 0.2) is 48.5 Å². The fourth-order valence-corrected chi connectivity index (χ4v) is 2.85. The Hall–Kier alpha value is -2.37. The molecule has 1 fully saturated rings. The molecule has 0 bridgehead atoms. The molecule has 2 aromatic rings. The van der Waals surface area contributed by atoms with E-state index in [1.807, 2.05) is 48.5 Å². The summed E-state index contributed by atoms with van der Waals surface area (Å²) >= 11 is 0. The Bertz CT molecular complexity index is 708. The van der Waals surface area contributed by atoms with Crippen LogP contribution in [0.5, 0.6) is 5.75 Å². The van der Waals surface area contributed by atoms with Crippen molar-refractivity contribution >= 4 is 5.91 Å². The molecule has 1 saturated heterocycles. The van der Waals surface area contributed by atoms with Crippen molar-refractivity contribution in [2.75, 3.05) is 13.7 Å². The third-order valence-corrected chi connectivity index (χ3v) is 4.38. The predicted octanol–water partition coefficient (Wildman–Crippen LogP) is 3.67. The van der Waals surface area contributed by atoms with E-state index in [4.69, 9.17) is 14.2 Å². The first-order valence-electron chi connectivity index (χ1n) is 8.98. The van der Waals surface area contributed by atoms with E-state index >= 15 is 0 Å². The van der Waals surface area contributed by atoms with Gasteiger partial charge in [-0.1, -0.05) is 24.3 Å². The zero-order chi connectivity index (χ0) is 18.2. The van der Waals surface area contributed by atoms with Crippen molar-refractivity contribution in [2.45, 2.75) is 38.7 Å². The largest absolute Gasteiger partial charge is 0.497 e. The van der Waals surface area contributed by atoms with E-state index in [-0.39, 0.29) is 12.2 Å². The van der Waals surface area contributed by atoms with Gasteiger partial charge >= 0.3 is 0 Å². The first-order chi connectivity index (χ1) is 12.7. The van der Waals surface area contributed by atoms with Crippen LogP contribution >= 0.6 is 0 Å². The molecule has 138 valence electrons. The van der Waals surface area contributed by atoms with Crippen LogP contribution in [0.25, 0.3) is 0 Å². The van der Waals surface area contributed by atoms with Crippen LogP contribution in [-0.2, 0) is 22.6 Å². The van der Waals surface area contributed by atoms with Gasteiger partial charge < -0.3 is 19.5 Å². The highest BCUT2D eigenvalue weighted by atomic mass is 16.7. The van der Waals surface area contributed by atoms with E-state index in [0.717, 1.165) is 42.7 Å². The molecule has 1 aliphatic rings. The van der Waals surface area contributed by atoms with E-state index in [9.17, 15) is 4.79 Å². The van der Waals surface area contributed by atoms with Gasteiger partial charge in [0.25, 0.3) is 5.91 Å². The summed E-state index contributed by atoms with van der Waals surface area (Å²) < 4.78 is 16.5. The molecule has 0 spiro atoms. The average Bonchev–Trinajstić information content (AvgIpc) is 2.72. The average molecular weight is 355 g/mol. The second-order valence-electron chi connectivity index (χ2n) is 6.34. The van der Waals surface area contributed by atoms with Gasteiger partial charge in [0.15, 0.2) is 6.29 Å². The molecule has 1 N–H and O–H groups in total. The second-order valence-corrected chi connectivity index (χ2v) is 6.34. The van der Waals surface area contributed by atoms with Crippen molar-refractivity contribution in [3.63, 3.8) is 0 Å². The number of carbonyl (C=O) groups excluding carboxylic acids is 1. The van der Waals surface area contributed by atoms with E-state index in [0.29, 0.717) is 18.7 Å². The quantitative estimate of drug-likeness (QED) is 0.823. The smallest absolute Gasteiger partial charge is 0.251 e. The molecule has 26 heavy (non-hydrogen) atoms. The Labute approximate surface area is 154 Å². The Balaban J connectivity index is 1.48. The summed E-state index contributed by atoms with van der Waals surface area (Å²) in [4.78, 5) is 12.3. The van der Waals surface area contributed by atoms with Crippen molar-refractivity contribution in [1.29, 1.82) is 0 Å². The Morgan fingerprint density at radius 2 is 2.00 bits per heavy atom. The van der Waals surface area contributed by atoms with Crippen LogP contribution in [0.3, 0.4) is 0 Å². The van der Waals surface area contributed by atoms with Crippen molar-refractivity contribution in [1.82, 2.24) is 5.32 Å². The minimum absolute atomic E-state index is 0.101. The molecule has 5 heteroatoms. The maximum Gasteiger partial charge on any atom is 0.251 e. The molecule has 1 heterocycles. The molecule has 2 aromatic carbocycles. The standard InChI is InChI=1S/C21H25NO4/c1-24-19-6-4-5-17(13-19)14-22-21(23)18-10-8-16(9-11-18)15-26-20-7-2-3-12-25-20/h4-6,8-11,13,20H,2-3,7,12,14-15H2,1H3,(H,22,23). The lowest BCUT2D eigenvalue weighted by Gasteiger charge is -2.22. The molecule has 1 unspecified atom stereocenters. The third-order valence-electron chi connectivity index (χ3n) is 4.38. The number of hydrogen-bond acceptors (Lipinski definition) is 4. The number of amides is 1. The van der Waals surface area contributed by atoms with Crippen LogP contribution < -0.4 is 10.1 Å². The van der Waals surface area contributed by atoms with Gasteiger partial charge in [0.05, 0.1) is 13.7 Å². The maximum absolute atomic E-state index is 12.3. The summed E-state index contributed by atoms with van der Waals surface area (Å²) in [5.74, 6) is 0.680. The molecule has 0 radical (unpaired) electrons. The summed E-state index contributed by atoms with van der Waals surface area (Å²) in [5.41, 5.74) is 2.66. The highest BCUT2D eigenvalue weighted by Crippen LogP contribution is 2.16. The molecule has 0 aliphatic carbocycles. The van der Waals surface area contributed by atoms with E-state index in [1.165, 1.54) is 0 Å². The van der Waals surface area contributed by atoms with E-state index < -0.39 is 0 Å². The molecular formula is C21H25NO4. The maximum atomic E-state index is 12.3. The van der Waals surface area contributed by atoms with Crippen molar-refractivity contribution < 1.29 is 19.0 Å². The monoisotopic (exact) mass is 355 g/mol. The van der Waals surface area contributed by atoms with Crippen molar-refractivity contribution in [3.05, 3.63) is 65.2 Å². The molecular weight excluding hydrogens is 330 g/mol. The zero-order valence-electron chi connectivity index (χ0n) is 15.1. The van der Waals surface area contributed by atoms with Crippen LogP contribution in [0.4, 0.5) is 0 Å². The summed E-state index contributed by atoms with van der Waals surface area (Å²) in [5, 5.41) is 2.92. The SMILES string of the molecule is COc1cccc(CNC(=O)c2ccc(COC3CCCCO3)cc2)c1. The Morgan fingerprint density at radius 3 is 2.73 bits per heavy atom. The third kappa shape index (κ3) is 5.31. The molecule has 1 amide bonds. The predicted molar refractivity (Wildman–Crippen MR) is 99.0 cm³/mol. The van der Waals surface area contributed by atoms with Gasteiger partial charge in [0.2, 0.25) is 0 Å². The highest BCUT2D eigenvalue weighted by Gasteiger charge is 2.14. The number of ether oxygens (including phenoxy) is 3. The summed E-state index contributed by atoms with van der Waals surface area (Å²) in [6.45, 7) is 1.73. The lowest BCUT2D eigenvalue weighted by atomic mass is 10.1. The fourth-order valence-electron chi connectivity index (χ4n) is 2.85. The van der Waals surface area contributed by atoms with E-state index in [2.05, 4.69) is 5.32 Å². The van der Waals surface area contributed by atoms with Crippen LogP contribution in [0, 0.1) is 0 Å². The number of methoxy groups -OCH3 is 1. The van der Waals surface area contributed by atoms with Gasteiger partial charge in [-0.05, 0) is 54.7 Å². The molecule has 1 aliphatic heterocycles. The van der Waals surface area contributed by atoms with Gasteiger partial charge in [-0.15, -0.1) is 0 Å². The van der Waals surface area contributed by atoms with Crippen LogP contribution in [-0.4, -0.2) is 25.9 Å². The highest BCUT2D eigenvalue weighted by molar-refractivity contribution is 5.94. The lowest BCUT2D eigenvalue weighted by Crippen LogP contribution is -2.23. The first-order valence-corrected chi connectivity index (χ1v) is 8.98. The molecule has 5 nitrogen and oxygen atoms in total. The minimum atomic E-state index is -0.102. The number of carbonyl (C=O) groups is 1. The topological polar surface area (TPSA) is 56.8 Å². The summed E-state index contributed by atoms with van der Waals surface area (Å²) in [6, 6.07) is 15.1. The van der Waals surface area contributed by atoms with E-state index in [1.54, 1.807) is 7.11 Å². The summed E-state index contributed by atoms with van der Waals surface area (Å²) in [6.07, 6.45) is 3.11. The minimum Gasteiger partial charge on any atom is -0.497 e. The van der Waals surface area contributed by atoms with Gasteiger partial charge in [0, 0.05) is 18.7 Å². The number of benzene rings is 2. The van der Waals surface area contributed by atoms with Crippen LogP contribution in [0.1, 0.15) is 40.7 Å². The van der Waals surface area contributed by atoms with Crippen molar-refractivity contribution in [3.8, 4) is 5.75 Å². The first kappa shape index (κ1) is 18.4. The molecule has 0 saturated carbocycles. The number of nitrogens with one attached hydrogen (secondary N) is 1. The Kier molecular flexibility index (Phi) is 6.63. The lowest BCUT2D eigenvalue weighted by molar-refractivity contribution is -0.168. The molecule has 3 rings (SSSR count). The van der Waals surface area contributed by atoms with Gasteiger partial charge in [0.1, 0.15) is 5.75 Å². The molecule has 1 atom stereocenters. The Morgan fingerprint density at radius 1 is 1.15 bits per heavy atom. The van der Waals surface area contributed by atoms with Crippen LogP contribution in [0.2, 0.25) is 0 Å². The number of hydrogen-bond donors (Lipinski definition) is 1. The van der Waals surface area contributed by atoms with Gasteiger partial charge in [-0.3, -0.25) is 4.79 Å². The summed E-state index contributed by atoms with van der Waals surface area (Å²) in [7, 11) is 1.63. The second kappa shape index (κ2) is 9.36. The van der Waals surface area contributed by atoms with Crippen molar-refractivity contribution in [2.24, 2.45) is 0 Å². The normalized spacial score (nSPS) is 16.9. The van der Waals surface area contributed by atoms with Gasteiger partial charge in [-0.2, -0.15) is 0 Å². The molecule has 0 aromatic heterocycles. The number of rotatable bonds is 7. The zero-order valence-corrected chi connectivity index (χ0v) is 15.1. The fraction of sp³-hybridized carbons (Fsp3) is 0.381. The van der Waals surface area contributed by atoms with Gasteiger partial charge in [-0.25, -0.2) is 0 Å².